The summed E-state index contributed by atoms with van der Waals surface area (Å²) in [6.07, 6.45) is 0. The van der Waals surface area contributed by atoms with Crippen LogP contribution in [0.2, 0.25) is 0 Å². The summed E-state index contributed by atoms with van der Waals surface area (Å²) >= 11 is 0. The highest BCUT2D eigenvalue weighted by atomic mass is 15.2. The van der Waals surface area contributed by atoms with E-state index in [1.165, 1.54) is 64.6 Å². The lowest BCUT2D eigenvalue weighted by Crippen LogP contribution is -2.04. The standard InChI is InChI=1S/3C41H25N5/c1-42-34-18-7-2-17-32(34)35-20-12-19-33(43-35)27-25-40(45-36-21-8-3-13-28(36)29-14-4-9-22-37(29)45)44-41(26-27)46-38-23-10-5-15-30(38)31-16-6-11-24-39(31)46;42-26-27-11-9-12-28(23-27)34-17-10-18-35(43-34)29-24-40(45-36-19-5-1-13-30(36)31-14-2-6-20-37(31)45)44-41(25-29)46-38-21-7-3-15-32(38)33-16-4-8-22-39(33)46;42-26-27-20-22-28(23-21-27)34-14-9-15-35(43-34)29-24-40(45-36-16-5-1-10-30(36)31-11-2-6-17-37(31)45)44-41(25-29)46-38-18-7-3-12-32(38)33-13-4-8-19-39(33)46/h2-26H;2*1-25H. The number of hydrogen-bond acceptors (Lipinski definition) is 8. The molecule has 0 saturated heterocycles. The number of para-hydroxylation sites is 13. The second-order valence-electron chi connectivity index (χ2n) is 34.2. The quantitative estimate of drug-likeness (QED) is 0.109. The second-order valence-corrected chi connectivity index (χ2v) is 34.2. The van der Waals surface area contributed by atoms with Crippen LogP contribution >= 0.6 is 0 Å². The molecule has 0 atom stereocenters. The van der Waals surface area contributed by atoms with Crippen LogP contribution in [0.15, 0.2) is 455 Å². The van der Waals surface area contributed by atoms with E-state index in [0.717, 1.165) is 169 Å². The van der Waals surface area contributed by atoms with E-state index in [1.807, 2.05) is 127 Å². The van der Waals surface area contributed by atoms with Gasteiger partial charge in [0.1, 0.15) is 34.9 Å². The third-order valence-electron chi connectivity index (χ3n) is 26.3. The van der Waals surface area contributed by atoms with E-state index in [0.29, 0.717) is 16.8 Å². The molecule has 15 heteroatoms. The van der Waals surface area contributed by atoms with Crippen LogP contribution in [0.5, 0.6) is 0 Å². The van der Waals surface area contributed by atoms with Gasteiger partial charge in [0.15, 0.2) is 5.69 Å². The molecular formula is C123H75N15. The van der Waals surface area contributed by atoms with Gasteiger partial charge in [-0.2, -0.15) is 10.5 Å². The van der Waals surface area contributed by atoms with Crippen molar-refractivity contribution in [3.63, 3.8) is 0 Å². The lowest BCUT2D eigenvalue weighted by molar-refractivity contribution is 1.01. The Morgan fingerprint density at radius 3 is 0.659 bits per heavy atom. The predicted molar refractivity (Wildman–Crippen MR) is 560 cm³/mol. The molecule has 27 aromatic rings. The first-order valence-corrected chi connectivity index (χ1v) is 45.7. The van der Waals surface area contributed by atoms with Gasteiger partial charge in [-0.3, -0.25) is 27.4 Å². The number of nitriles is 2. The zero-order valence-electron chi connectivity index (χ0n) is 74.0. The molecular weight excluding hydrogens is 1690 g/mol. The van der Waals surface area contributed by atoms with Gasteiger partial charge in [0.2, 0.25) is 0 Å². The van der Waals surface area contributed by atoms with Crippen molar-refractivity contribution in [3.8, 4) is 115 Å². The average molecular weight is 1760 g/mol. The summed E-state index contributed by atoms with van der Waals surface area (Å²) in [6.45, 7) is 7.72. The van der Waals surface area contributed by atoms with Gasteiger partial charge in [0, 0.05) is 98.0 Å². The molecule has 0 bridgehead atoms. The summed E-state index contributed by atoms with van der Waals surface area (Å²) in [6, 6.07) is 160. The van der Waals surface area contributed by atoms with Gasteiger partial charge < -0.3 is 0 Å². The number of hydrogen-bond donors (Lipinski definition) is 0. The normalized spacial score (nSPS) is 11.5. The number of fused-ring (bicyclic) bond motifs is 18. The van der Waals surface area contributed by atoms with Crippen molar-refractivity contribution in [1.29, 1.82) is 10.5 Å². The molecule has 12 aromatic heterocycles. The van der Waals surface area contributed by atoms with E-state index >= 15 is 0 Å². The van der Waals surface area contributed by atoms with E-state index < -0.39 is 0 Å². The minimum Gasteiger partial charge on any atom is -0.294 e. The Balaban J connectivity index is 0.000000110. The third kappa shape index (κ3) is 13.8. The van der Waals surface area contributed by atoms with Gasteiger partial charge >= 0.3 is 0 Å². The lowest BCUT2D eigenvalue weighted by Gasteiger charge is -2.15. The number of aromatic nitrogens is 12. The molecule has 642 valence electrons. The maximum Gasteiger partial charge on any atom is 0.196 e. The minimum atomic E-state index is 0.582. The smallest absolute Gasteiger partial charge is 0.196 e. The van der Waals surface area contributed by atoms with Crippen LogP contribution in [0.4, 0.5) is 5.69 Å². The Hall–Kier alpha value is -19.5. The molecule has 12 heterocycles. The fourth-order valence-corrected chi connectivity index (χ4v) is 20.2. The minimum absolute atomic E-state index is 0.582. The molecule has 0 unspecified atom stereocenters. The summed E-state index contributed by atoms with van der Waals surface area (Å²) in [7, 11) is 0. The molecule has 0 amide bonds. The van der Waals surface area contributed by atoms with Crippen LogP contribution in [0.1, 0.15) is 11.1 Å². The zero-order valence-corrected chi connectivity index (χ0v) is 74.0. The van der Waals surface area contributed by atoms with Crippen LogP contribution in [0.3, 0.4) is 0 Å². The molecule has 138 heavy (non-hydrogen) atoms. The Labute approximate surface area is 791 Å². The van der Waals surface area contributed by atoms with Crippen LogP contribution in [-0.2, 0) is 0 Å². The molecule has 15 aromatic carbocycles. The molecule has 0 aliphatic rings. The number of rotatable bonds is 12. The summed E-state index contributed by atoms with van der Waals surface area (Å²) in [5.74, 6) is 4.87. The SMILES string of the molecule is N#Cc1ccc(-c2cccc(-c3cc(-n4c5ccccc5c5ccccc54)nc(-n4c5ccccc5c5ccccc54)c3)n2)cc1.N#Cc1cccc(-c2cccc(-c3cc(-n4c5ccccc5c5ccccc54)nc(-n4c5ccccc5c5ccccc54)c3)n2)c1.[C-]#[N+]c1ccccc1-c1cccc(-c2cc(-n3c4ccccc4c4ccccc43)nc(-n3c4ccccc4c4ccccc43)c2)n1. The number of pyridine rings is 6. The highest BCUT2D eigenvalue weighted by Crippen LogP contribution is 2.44. The molecule has 0 aliphatic heterocycles. The molecule has 15 nitrogen and oxygen atoms in total. The third-order valence-corrected chi connectivity index (χ3v) is 26.3. The van der Waals surface area contributed by atoms with Crippen molar-refractivity contribution in [2.24, 2.45) is 0 Å². The largest absolute Gasteiger partial charge is 0.294 e. The zero-order chi connectivity index (χ0) is 91.8. The fourth-order valence-electron chi connectivity index (χ4n) is 20.2. The van der Waals surface area contributed by atoms with Gasteiger partial charge in [-0.25, -0.2) is 34.7 Å². The Morgan fingerprint density at radius 1 is 0.181 bits per heavy atom. The second kappa shape index (κ2) is 33.7. The number of benzene rings is 15. The van der Waals surface area contributed by atoms with Gasteiger partial charge in [-0.1, -0.05) is 285 Å². The predicted octanol–water partition coefficient (Wildman–Crippen LogP) is 30.3. The van der Waals surface area contributed by atoms with Crippen LogP contribution in [0.25, 0.3) is 238 Å². The van der Waals surface area contributed by atoms with Crippen molar-refractivity contribution < 1.29 is 0 Å². The van der Waals surface area contributed by atoms with Gasteiger partial charge in [-0.05, 0) is 170 Å². The first-order valence-electron chi connectivity index (χ1n) is 45.7. The van der Waals surface area contributed by atoms with E-state index in [4.69, 9.17) is 36.5 Å². The summed E-state index contributed by atoms with van der Waals surface area (Å²) in [4.78, 5) is 35.4. The Bertz CT molecular complexity index is 9040. The summed E-state index contributed by atoms with van der Waals surface area (Å²) in [5, 5.41) is 33.0. The fraction of sp³-hybridized carbons (Fsp3) is 0. The van der Waals surface area contributed by atoms with Crippen LogP contribution < -0.4 is 0 Å². The van der Waals surface area contributed by atoms with Gasteiger partial charge in [-0.15, -0.1) is 0 Å². The van der Waals surface area contributed by atoms with E-state index in [1.54, 1.807) is 0 Å². The van der Waals surface area contributed by atoms with Crippen LogP contribution in [-0.4, -0.2) is 57.3 Å². The summed E-state index contributed by atoms with van der Waals surface area (Å²) < 4.78 is 13.5. The molecule has 27 rings (SSSR count). The molecule has 0 radical (unpaired) electrons. The molecule has 0 N–H and O–H groups in total. The first kappa shape index (κ1) is 80.5. The highest BCUT2D eigenvalue weighted by Gasteiger charge is 2.25. The highest BCUT2D eigenvalue weighted by molar-refractivity contribution is 6.15. The van der Waals surface area contributed by atoms with Crippen LogP contribution in [0, 0.1) is 29.2 Å². The van der Waals surface area contributed by atoms with Gasteiger partial charge in [0.25, 0.3) is 0 Å². The van der Waals surface area contributed by atoms with Crippen molar-refractivity contribution >= 4 is 137 Å². The van der Waals surface area contributed by atoms with E-state index in [-0.39, 0.29) is 0 Å². The van der Waals surface area contributed by atoms with Crippen molar-refractivity contribution in [1.82, 2.24) is 57.3 Å². The first-order chi connectivity index (χ1) is 68.3. The molecule has 0 saturated carbocycles. The Morgan fingerprint density at radius 2 is 0.399 bits per heavy atom. The van der Waals surface area contributed by atoms with E-state index in [2.05, 4.69) is 372 Å². The molecule has 0 fully saturated rings. The van der Waals surface area contributed by atoms with Crippen molar-refractivity contribution in [3.05, 3.63) is 478 Å². The molecule has 0 aliphatic carbocycles. The Kier molecular flexibility index (Phi) is 19.7. The maximum absolute atomic E-state index is 9.50. The molecule has 0 spiro atoms. The topological polar surface area (TPSA) is 159 Å². The number of nitrogens with zero attached hydrogens (tertiary/aromatic N) is 15. The maximum atomic E-state index is 9.50. The van der Waals surface area contributed by atoms with Gasteiger partial charge in [0.05, 0.1) is 130 Å². The lowest BCUT2D eigenvalue weighted by atomic mass is 10.1. The van der Waals surface area contributed by atoms with E-state index in [9.17, 15) is 10.5 Å². The monoisotopic (exact) mass is 1760 g/mol. The van der Waals surface area contributed by atoms with Crippen molar-refractivity contribution in [2.45, 2.75) is 0 Å². The summed E-state index contributed by atoms with van der Waals surface area (Å²) in [5.41, 5.74) is 25.4. The average Bonchev–Trinajstić information content (AvgIpc) is 1.57. The van der Waals surface area contributed by atoms with Crippen molar-refractivity contribution in [2.75, 3.05) is 0 Å².